The maximum absolute atomic E-state index is 12.5. The lowest BCUT2D eigenvalue weighted by atomic mass is 10.0. The van der Waals surface area contributed by atoms with Gasteiger partial charge in [0.25, 0.3) is 0 Å². The maximum atomic E-state index is 12.5. The van der Waals surface area contributed by atoms with Crippen LogP contribution in [0.25, 0.3) is 11.3 Å². The number of rotatable bonds is 11. The molecule has 1 N–H and O–H groups in total. The fraction of sp³-hybridized carbons (Fsp3) is 0.448. The number of halogens is 2. The van der Waals surface area contributed by atoms with Crippen molar-refractivity contribution in [2.45, 2.75) is 58.7 Å². The van der Waals surface area contributed by atoms with Crippen LogP contribution in [-0.4, -0.2) is 47.7 Å². The van der Waals surface area contributed by atoms with Crippen LogP contribution in [0.2, 0.25) is 10.0 Å². The van der Waals surface area contributed by atoms with Crippen LogP contribution in [0.5, 0.6) is 5.75 Å². The van der Waals surface area contributed by atoms with Crippen molar-refractivity contribution in [3.63, 3.8) is 0 Å². The molecule has 2 aromatic carbocycles. The molecule has 0 radical (unpaired) electrons. The first-order valence-electron chi connectivity index (χ1n) is 13.3. The van der Waals surface area contributed by atoms with Gasteiger partial charge < -0.3 is 14.6 Å². The quantitative estimate of drug-likeness (QED) is 0.269. The lowest BCUT2D eigenvalue weighted by Gasteiger charge is -2.32. The molecule has 4 rings (SSSR count). The summed E-state index contributed by atoms with van der Waals surface area (Å²) in [5.74, 6) is 0.919. The van der Waals surface area contributed by atoms with E-state index in [0.29, 0.717) is 29.5 Å². The Morgan fingerprint density at radius 1 is 1.11 bits per heavy atom. The zero-order chi connectivity index (χ0) is 26.9. The fourth-order valence-electron chi connectivity index (χ4n) is 4.70. The summed E-state index contributed by atoms with van der Waals surface area (Å²) < 4.78 is 8.14. The number of ether oxygens (including phenoxy) is 1. The predicted molar refractivity (Wildman–Crippen MR) is 157 cm³/mol. The molecule has 0 saturated carbocycles. The molecule has 204 valence electrons. The van der Waals surface area contributed by atoms with Crippen LogP contribution in [0.15, 0.2) is 52.8 Å². The number of hydrogen-bond donors (Lipinski definition) is 1. The minimum absolute atomic E-state index is 0.0988. The van der Waals surface area contributed by atoms with Crippen LogP contribution >= 0.6 is 34.5 Å². The Kier molecular flexibility index (Phi) is 10.7. The van der Waals surface area contributed by atoms with Gasteiger partial charge in [-0.3, -0.25) is 14.7 Å². The molecule has 38 heavy (non-hydrogen) atoms. The Morgan fingerprint density at radius 3 is 2.55 bits per heavy atom. The molecule has 0 unspecified atom stereocenters. The number of carbonyl (C=O) groups is 1. The Balaban J connectivity index is 1.15. The summed E-state index contributed by atoms with van der Waals surface area (Å²) in [5.41, 5.74) is 3.48. The van der Waals surface area contributed by atoms with E-state index < -0.39 is 0 Å². The van der Waals surface area contributed by atoms with Crippen LogP contribution in [-0.2, 0) is 17.9 Å². The molecule has 0 atom stereocenters. The average Bonchev–Trinajstić information content (AvgIpc) is 3.33. The van der Waals surface area contributed by atoms with Gasteiger partial charge in [-0.1, -0.05) is 29.3 Å². The molecule has 1 saturated heterocycles. The molecule has 6 nitrogen and oxygen atoms in total. The zero-order valence-corrected chi connectivity index (χ0v) is 24.4. The van der Waals surface area contributed by atoms with Crippen molar-refractivity contribution >= 4 is 40.4 Å². The smallest absolute Gasteiger partial charge is 0.220 e. The number of piperidine rings is 1. The van der Waals surface area contributed by atoms with E-state index in [0.717, 1.165) is 67.2 Å². The van der Waals surface area contributed by atoms with Gasteiger partial charge in [0.05, 0.1) is 22.3 Å². The minimum atomic E-state index is 0.0988. The summed E-state index contributed by atoms with van der Waals surface area (Å²) >= 11 is 13.8. The standard InChI is InChI=1S/C29H36Cl2N4O2S/c1-3-32-29-35(4-2)27(20-38-29)22-8-10-24(11-9-22)37-17-5-6-28(36)33-23-13-15-34(16-14-23)19-21-7-12-25(30)26(31)18-21/h7-12,18,20,23H,3-6,13-17,19H2,1-2H3,(H,33,36). The summed E-state index contributed by atoms with van der Waals surface area (Å²) in [4.78, 5) is 20.5. The van der Waals surface area contributed by atoms with Crippen molar-refractivity contribution in [1.82, 2.24) is 14.8 Å². The van der Waals surface area contributed by atoms with E-state index in [2.05, 4.69) is 51.1 Å². The summed E-state index contributed by atoms with van der Waals surface area (Å²) in [7, 11) is 0. The number of carbonyl (C=O) groups excluding carboxylic acids is 1. The average molecular weight is 576 g/mol. The number of amides is 1. The Bertz CT molecular complexity index is 1260. The van der Waals surface area contributed by atoms with E-state index in [4.69, 9.17) is 27.9 Å². The SMILES string of the molecule is CCN=c1scc(-c2ccc(OCCCC(=O)NC3CCN(Cc4ccc(Cl)c(Cl)c4)CC3)cc2)n1CC. The molecular weight excluding hydrogens is 539 g/mol. The molecular formula is C29H36Cl2N4O2S. The van der Waals surface area contributed by atoms with E-state index in [1.54, 1.807) is 11.3 Å². The molecule has 1 aliphatic rings. The van der Waals surface area contributed by atoms with Crippen molar-refractivity contribution in [2.24, 2.45) is 4.99 Å². The topological polar surface area (TPSA) is 58.9 Å². The highest BCUT2D eigenvalue weighted by Crippen LogP contribution is 2.25. The number of aromatic nitrogens is 1. The van der Waals surface area contributed by atoms with Crippen molar-refractivity contribution in [3.05, 3.63) is 68.3 Å². The molecule has 2 heterocycles. The van der Waals surface area contributed by atoms with Gasteiger partial charge in [0.2, 0.25) is 5.91 Å². The number of nitrogens with one attached hydrogen (secondary N) is 1. The third-order valence-corrected chi connectivity index (χ3v) is 8.36. The first-order valence-corrected chi connectivity index (χ1v) is 15.0. The highest BCUT2D eigenvalue weighted by molar-refractivity contribution is 7.07. The molecule has 0 aliphatic carbocycles. The lowest BCUT2D eigenvalue weighted by molar-refractivity contribution is -0.122. The predicted octanol–water partition coefficient (Wildman–Crippen LogP) is 6.40. The van der Waals surface area contributed by atoms with Crippen molar-refractivity contribution in [2.75, 3.05) is 26.2 Å². The lowest BCUT2D eigenvalue weighted by Crippen LogP contribution is -2.44. The minimum Gasteiger partial charge on any atom is -0.494 e. The van der Waals surface area contributed by atoms with Gasteiger partial charge in [-0.2, -0.15) is 0 Å². The highest BCUT2D eigenvalue weighted by atomic mass is 35.5. The molecule has 0 spiro atoms. The van der Waals surface area contributed by atoms with Gasteiger partial charge in [0.1, 0.15) is 5.75 Å². The maximum Gasteiger partial charge on any atom is 0.220 e. The summed E-state index contributed by atoms with van der Waals surface area (Å²) in [6.07, 6.45) is 3.06. The summed E-state index contributed by atoms with van der Waals surface area (Å²) in [6, 6.07) is 14.2. The van der Waals surface area contributed by atoms with Crippen LogP contribution in [0.3, 0.4) is 0 Å². The molecule has 3 aromatic rings. The first-order chi connectivity index (χ1) is 18.5. The summed E-state index contributed by atoms with van der Waals surface area (Å²) in [5, 5.41) is 6.53. The monoisotopic (exact) mass is 574 g/mol. The van der Waals surface area contributed by atoms with Gasteiger partial charge in [-0.05, 0) is 80.6 Å². The van der Waals surface area contributed by atoms with E-state index in [1.807, 2.05) is 30.3 Å². The van der Waals surface area contributed by atoms with Crippen molar-refractivity contribution < 1.29 is 9.53 Å². The Labute approximate surface area is 239 Å². The van der Waals surface area contributed by atoms with Gasteiger partial charge in [0, 0.05) is 50.6 Å². The second-order valence-corrected chi connectivity index (χ2v) is 11.1. The molecule has 1 aromatic heterocycles. The van der Waals surface area contributed by atoms with Crippen molar-refractivity contribution in [3.8, 4) is 17.0 Å². The van der Waals surface area contributed by atoms with Crippen LogP contribution in [0.4, 0.5) is 0 Å². The Morgan fingerprint density at radius 2 is 1.87 bits per heavy atom. The van der Waals surface area contributed by atoms with E-state index in [1.165, 1.54) is 5.69 Å². The normalized spacial score (nSPS) is 15.1. The van der Waals surface area contributed by atoms with E-state index >= 15 is 0 Å². The van der Waals surface area contributed by atoms with Gasteiger partial charge in [0.15, 0.2) is 4.80 Å². The van der Waals surface area contributed by atoms with Crippen LogP contribution in [0.1, 0.15) is 45.1 Å². The number of thiazole rings is 1. The third-order valence-electron chi connectivity index (χ3n) is 6.72. The molecule has 9 heteroatoms. The largest absolute Gasteiger partial charge is 0.494 e. The Hall–Kier alpha value is -2.32. The fourth-order valence-corrected chi connectivity index (χ4v) is 6.06. The van der Waals surface area contributed by atoms with Gasteiger partial charge in [-0.25, -0.2) is 0 Å². The number of likely N-dealkylation sites (tertiary alicyclic amines) is 1. The van der Waals surface area contributed by atoms with Crippen LogP contribution in [0, 0.1) is 0 Å². The highest BCUT2D eigenvalue weighted by Gasteiger charge is 2.20. The molecule has 1 fully saturated rings. The summed E-state index contributed by atoms with van der Waals surface area (Å²) in [6.45, 7) is 9.12. The number of benzene rings is 2. The molecule has 1 aliphatic heterocycles. The zero-order valence-electron chi connectivity index (χ0n) is 22.1. The second-order valence-electron chi connectivity index (χ2n) is 9.46. The number of nitrogens with zero attached hydrogens (tertiary/aromatic N) is 3. The van der Waals surface area contributed by atoms with E-state index in [-0.39, 0.29) is 11.9 Å². The van der Waals surface area contributed by atoms with Crippen LogP contribution < -0.4 is 14.9 Å². The molecule has 1 amide bonds. The first kappa shape index (κ1) is 28.7. The second kappa shape index (κ2) is 14.2. The van der Waals surface area contributed by atoms with Gasteiger partial charge in [-0.15, -0.1) is 11.3 Å². The third kappa shape index (κ3) is 7.85. The molecule has 0 bridgehead atoms. The van der Waals surface area contributed by atoms with Crippen molar-refractivity contribution in [1.29, 1.82) is 0 Å². The number of hydrogen-bond acceptors (Lipinski definition) is 5. The van der Waals surface area contributed by atoms with E-state index in [9.17, 15) is 4.79 Å². The van der Waals surface area contributed by atoms with Gasteiger partial charge >= 0.3 is 0 Å².